The first kappa shape index (κ1) is 34.9. The number of hydrogen-bond acceptors (Lipinski definition) is 8. The van der Waals surface area contributed by atoms with Gasteiger partial charge in [0.15, 0.2) is 0 Å². The van der Waals surface area contributed by atoms with Crippen LogP contribution in [0, 0.1) is 17.8 Å². The Balaban J connectivity index is 0.00000187. The molecule has 11 nitrogen and oxygen atoms in total. The van der Waals surface area contributed by atoms with Crippen LogP contribution in [0.5, 0.6) is 5.75 Å². The molecule has 224 valence electrons. The summed E-state index contributed by atoms with van der Waals surface area (Å²) >= 11 is 1.32. The number of benzene rings is 1. The van der Waals surface area contributed by atoms with Crippen LogP contribution in [0.4, 0.5) is 0 Å². The van der Waals surface area contributed by atoms with Gasteiger partial charge in [0, 0.05) is 12.3 Å². The quantitative estimate of drug-likeness (QED) is 0.103. The zero-order chi connectivity index (χ0) is 30.2. The van der Waals surface area contributed by atoms with Crippen molar-refractivity contribution in [3.05, 3.63) is 29.8 Å². The molecule has 40 heavy (non-hydrogen) atoms. The summed E-state index contributed by atoms with van der Waals surface area (Å²) in [5.74, 6) is -0.825. The van der Waals surface area contributed by atoms with Crippen LogP contribution in [0.1, 0.15) is 59.9 Å². The Morgan fingerprint density at radius 3 is 2.23 bits per heavy atom. The van der Waals surface area contributed by atoms with E-state index in [0.717, 1.165) is 11.5 Å². The fourth-order valence-electron chi connectivity index (χ4n) is 3.61. The van der Waals surface area contributed by atoms with E-state index in [-0.39, 0.29) is 54.2 Å². The van der Waals surface area contributed by atoms with Gasteiger partial charge in [0.2, 0.25) is 29.5 Å². The van der Waals surface area contributed by atoms with Gasteiger partial charge in [-0.05, 0) is 49.3 Å². The van der Waals surface area contributed by atoms with Gasteiger partial charge in [-0.15, -0.1) is 11.8 Å². The van der Waals surface area contributed by atoms with Crippen LogP contribution in [0.25, 0.3) is 0 Å². The predicted molar refractivity (Wildman–Crippen MR) is 154 cm³/mol. The van der Waals surface area contributed by atoms with Gasteiger partial charge in [-0.2, -0.15) is 0 Å². The average Bonchev–Trinajstić information content (AvgIpc) is 2.87. The maximum atomic E-state index is 12.5. The smallest absolute Gasteiger partial charge is 0.244 e. The van der Waals surface area contributed by atoms with Gasteiger partial charge >= 0.3 is 0 Å². The average molecular weight is 581 g/mol. The first-order valence-electron chi connectivity index (χ1n) is 13.5. The molecule has 0 saturated carbocycles. The summed E-state index contributed by atoms with van der Waals surface area (Å²) in [6.45, 7) is 12.3. The number of hydroxylamine groups is 1. The van der Waals surface area contributed by atoms with Gasteiger partial charge in [0.25, 0.3) is 0 Å². The van der Waals surface area contributed by atoms with Gasteiger partial charge in [-0.3, -0.25) is 34.5 Å². The van der Waals surface area contributed by atoms with E-state index >= 15 is 0 Å². The second kappa shape index (κ2) is 18.3. The lowest BCUT2D eigenvalue weighted by Crippen LogP contribution is -2.48. The van der Waals surface area contributed by atoms with E-state index in [9.17, 15) is 24.0 Å². The fourth-order valence-corrected chi connectivity index (χ4v) is 4.55. The molecule has 1 aromatic rings. The minimum absolute atomic E-state index is 0.152. The van der Waals surface area contributed by atoms with E-state index in [2.05, 4.69) is 36.7 Å². The molecule has 1 heterocycles. The van der Waals surface area contributed by atoms with Gasteiger partial charge in [-0.1, -0.05) is 46.8 Å². The fraction of sp³-hybridized carbons (Fsp3) is 0.607. The van der Waals surface area contributed by atoms with E-state index < -0.39 is 23.8 Å². The number of hydrogen-bond donors (Lipinski definition) is 5. The Hall–Kier alpha value is -3.12. The van der Waals surface area contributed by atoms with Crippen molar-refractivity contribution < 1.29 is 33.9 Å². The third-order valence-corrected chi connectivity index (χ3v) is 6.63. The predicted octanol–water partition coefficient (Wildman–Crippen LogP) is 2.21. The van der Waals surface area contributed by atoms with Crippen molar-refractivity contribution in [3.63, 3.8) is 0 Å². The molecule has 1 aliphatic heterocycles. The van der Waals surface area contributed by atoms with Crippen molar-refractivity contribution in [3.8, 4) is 5.75 Å². The lowest BCUT2D eigenvalue weighted by molar-refractivity contribution is -0.136. The molecule has 2 unspecified atom stereocenters. The van der Waals surface area contributed by atoms with Crippen LogP contribution in [-0.4, -0.2) is 64.9 Å². The zero-order valence-electron chi connectivity index (χ0n) is 24.2. The topological polar surface area (TPSA) is 163 Å². The molecule has 1 saturated heterocycles. The highest BCUT2D eigenvalue weighted by Crippen LogP contribution is 2.21. The van der Waals surface area contributed by atoms with E-state index in [1.165, 1.54) is 17.2 Å². The third-order valence-electron chi connectivity index (χ3n) is 5.42. The van der Waals surface area contributed by atoms with E-state index in [0.29, 0.717) is 18.6 Å². The minimum atomic E-state index is -0.811. The highest BCUT2D eigenvalue weighted by Gasteiger charge is 2.27. The second-order valence-electron chi connectivity index (χ2n) is 10.7. The number of ether oxygens (including phenoxy) is 1. The normalized spacial score (nSPS) is 16.3. The summed E-state index contributed by atoms with van der Waals surface area (Å²) < 4.78 is 5.64. The standard InChI is InChI=1S/C24H34N4O7S.C4H10/c1-14(2)10-17(12-20(29)28-34)23(32)26-15(3)22(31)25-8-9-35-18-6-4-16(5-7-18)11-19-24(33)27-21(30)13-36-19;1-4(2)3/h4-7,14-15,17,19,34H,8-13H2,1-3H3,(H,25,31)(H,26,32)(H,28,29)(H,27,30,33);4H,1-3H3/t15?,17-,19?;/m1./s1. The molecule has 5 amide bonds. The molecule has 2 rings (SSSR count). The number of thioether (sulfide) groups is 1. The molecule has 0 aromatic heterocycles. The minimum Gasteiger partial charge on any atom is -0.492 e. The van der Waals surface area contributed by atoms with Gasteiger partial charge in [-0.25, -0.2) is 5.48 Å². The molecule has 1 aromatic carbocycles. The molecule has 3 atom stereocenters. The number of carbonyl (C=O) groups is 5. The summed E-state index contributed by atoms with van der Waals surface area (Å²) in [4.78, 5) is 59.5. The maximum absolute atomic E-state index is 12.5. The first-order chi connectivity index (χ1) is 18.8. The van der Waals surface area contributed by atoms with Crippen molar-refractivity contribution in [2.24, 2.45) is 17.8 Å². The van der Waals surface area contributed by atoms with Crippen LogP contribution in [-0.2, 0) is 30.4 Å². The van der Waals surface area contributed by atoms with Crippen molar-refractivity contribution in [2.45, 2.75) is 72.1 Å². The van der Waals surface area contributed by atoms with E-state index in [1.54, 1.807) is 19.1 Å². The number of carbonyl (C=O) groups excluding carboxylic acids is 5. The molecule has 12 heteroatoms. The number of rotatable bonds is 13. The highest BCUT2D eigenvalue weighted by atomic mass is 32.2. The Bertz CT molecular complexity index is 983. The van der Waals surface area contributed by atoms with Gasteiger partial charge in [0.1, 0.15) is 18.4 Å². The molecule has 0 bridgehead atoms. The van der Waals surface area contributed by atoms with Crippen molar-refractivity contribution >= 4 is 41.3 Å². The molecule has 0 radical (unpaired) electrons. The molecule has 0 aliphatic carbocycles. The van der Waals surface area contributed by atoms with Crippen LogP contribution < -0.4 is 26.2 Å². The number of imide groups is 1. The van der Waals surface area contributed by atoms with E-state index in [4.69, 9.17) is 9.94 Å². The van der Waals surface area contributed by atoms with Crippen LogP contribution in [0.2, 0.25) is 0 Å². The molecule has 1 fully saturated rings. The van der Waals surface area contributed by atoms with Crippen LogP contribution in [0.3, 0.4) is 0 Å². The van der Waals surface area contributed by atoms with Crippen LogP contribution in [0.15, 0.2) is 24.3 Å². The Kier molecular flexibility index (Phi) is 15.9. The summed E-state index contributed by atoms with van der Waals surface area (Å²) in [5.41, 5.74) is 2.47. The second-order valence-corrected chi connectivity index (χ2v) is 11.9. The number of nitrogens with one attached hydrogen (secondary N) is 4. The molecule has 1 aliphatic rings. The molecular weight excluding hydrogens is 536 g/mol. The van der Waals surface area contributed by atoms with Crippen molar-refractivity contribution in [2.75, 3.05) is 18.9 Å². The Labute approximate surface area is 240 Å². The van der Waals surface area contributed by atoms with Crippen molar-refractivity contribution in [1.29, 1.82) is 0 Å². The number of amides is 5. The summed E-state index contributed by atoms with van der Waals surface area (Å²) in [7, 11) is 0. The SMILES string of the molecule is CC(C)C.CC(C)C[C@H](CC(=O)NO)C(=O)NC(C)C(=O)NCCOc1ccc(CC2SCC(=O)NC2=O)cc1. The molecular formula is C28H44N4O7S. The van der Waals surface area contributed by atoms with Gasteiger partial charge in [0.05, 0.1) is 17.5 Å². The maximum Gasteiger partial charge on any atom is 0.244 e. The third kappa shape index (κ3) is 14.3. The summed E-state index contributed by atoms with van der Waals surface area (Å²) in [6, 6.07) is 6.43. The Morgan fingerprint density at radius 1 is 1.05 bits per heavy atom. The monoisotopic (exact) mass is 580 g/mol. The highest BCUT2D eigenvalue weighted by molar-refractivity contribution is 8.01. The summed E-state index contributed by atoms with van der Waals surface area (Å²) in [5, 5.41) is 16.1. The molecule has 0 spiro atoms. The lowest BCUT2D eigenvalue weighted by Gasteiger charge is -2.21. The lowest BCUT2D eigenvalue weighted by atomic mass is 9.93. The Morgan fingerprint density at radius 2 is 1.68 bits per heavy atom. The largest absolute Gasteiger partial charge is 0.492 e. The van der Waals surface area contributed by atoms with Crippen molar-refractivity contribution in [1.82, 2.24) is 21.4 Å². The van der Waals surface area contributed by atoms with E-state index in [1.807, 2.05) is 26.0 Å². The van der Waals surface area contributed by atoms with Crippen LogP contribution >= 0.6 is 11.8 Å². The summed E-state index contributed by atoms with van der Waals surface area (Å²) in [6.07, 6.45) is 0.771. The zero-order valence-corrected chi connectivity index (χ0v) is 25.1. The first-order valence-corrected chi connectivity index (χ1v) is 14.5. The molecule has 5 N–H and O–H groups in total. The van der Waals surface area contributed by atoms with Gasteiger partial charge < -0.3 is 15.4 Å².